The van der Waals surface area contributed by atoms with E-state index in [2.05, 4.69) is 97.0 Å². The summed E-state index contributed by atoms with van der Waals surface area (Å²) in [5.41, 5.74) is 11.3. The minimum absolute atomic E-state index is 0.186. The van der Waals surface area contributed by atoms with Crippen LogP contribution in [0.1, 0.15) is 29.9 Å². The van der Waals surface area contributed by atoms with Gasteiger partial charge in [-0.2, -0.15) is 0 Å². The van der Waals surface area contributed by atoms with Gasteiger partial charge in [0.1, 0.15) is 18.2 Å². The molecule has 0 amide bonds. The van der Waals surface area contributed by atoms with E-state index in [9.17, 15) is 0 Å². The Morgan fingerprint density at radius 3 is 1.91 bits per heavy atom. The molecule has 226 valence electrons. The molecule has 2 N–H and O–H groups in total. The summed E-state index contributed by atoms with van der Waals surface area (Å²) < 4.78 is 4.32. The van der Waals surface area contributed by atoms with Crippen molar-refractivity contribution in [3.05, 3.63) is 163 Å². The van der Waals surface area contributed by atoms with E-state index < -0.39 is 0 Å². The summed E-state index contributed by atoms with van der Waals surface area (Å²) >= 11 is 0. The predicted molar refractivity (Wildman–Crippen MR) is 189 cm³/mol. The number of nitrogens with one attached hydrogen (secondary N) is 2. The molecule has 3 atom stereocenters. The Morgan fingerprint density at radius 1 is 0.638 bits per heavy atom. The Hall–Kier alpha value is -6.01. The highest BCUT2D eigenvalue weighted by atomic mass is 15.3. The van der Waals surface area contributed by atoms with E-state index in [0.717, 1.165) is 56.8 Å². The van der Waals surface area contributed by atoms with Gasteiger partial charge in [0.15, 0.2) is 0 Å². The van der Waals surface area contributed by atoms with Crippen LogP contribution in [-0.2, 0) is 0 Å². The molecule has 5 aromatic rings. The topological polar surface area (TPSA) is 89.2 Å². The summed E-state index contributed by atoms with van der Waals surface area (Å²) in [6.07, 6.45) is 23.8. The number of aromatic nitrogens is 3. The van der Waals surface area contributed by atoms with Crippen molar-refractivity contribution in [1.29, 1.82) is 0 Å². The monoisotopic (exact) mass is 610 g/mol. The van der Waals surface area contributed by atoms with Gasteiger partial charge >= 0.3 is 0 Å². The van der Waals surface area contributed by atoms with Crippen LogP contribution in [0.3, 0.4) is 0 Å². The number of amidine groups is 1. The van der Waals surface area contributed by atoms with E-state index in [1.807, 2.05) is 86.0 Å². The standard InChI is InChI=1S/C40H32N7/c1-3-30(27-7-14-41-15-8-27)21-32(5-1)38-45-39(33-6-2-4-31(22-33)34-13-20-44-26-34)47-40(46-38)37-24-35(28-9-16-42-17-10-28)23-36(25-37)29-11-18-43-19-12-29/h1-21,23-26,31,38,40,46H,22H2,(H,45,47)/q+1. The quantitative estimate of drug-likeness (QED) is 0.198. The SMILES string of the molecule is C1=CC(C2=CC=[N+]=C2)CC(C2=NC(c3cc(-c4ccncc4)cc(-c4ccncc4)c3)NC(c3cccc(-c4ccncc4)c3)N2)=C1. The molecule has 3 unspecified atom stereocenters. The van der Waals surface area contributed by atoms with E-state index in [1.54, 1.807) is 0 Å². The molecule has 0 radical (unpaired) electrons. The molecule has 0 fully saturated rings. The van der Waals surface area contributed by atoms with Crippen LogP contribution in [0.15, 0.2) is 156 Å². The molecule has 2 aromatic carbocycles. The average Bonchev–Trinajstić information content (AvgIpc) is 3.71. The van der Waals surface area contributed by atoms with E-state index >= 15 is 0 Å². The van der Waals surface area contributed by atoms with Crippen molar-refractivity contribution in [2.45, 2.75) is 18.8 Å². The zero-order valence-electron chi connectivity index (χ0n) is 25.6. The first-order chi connectivity index (χ1) is 23.3. The van der Waals surface area contributed by atoms with Gasteiger partial charge in [-0.1, -0.05) is 36.4 Å². The van der Waals surface area contributed by atoms with Gasteiger partial charge in [-0.15, -0.1) is 4.67 Å². The van der Waals surface area contributed by atoms with Crippen LogP contribution < -0.4 is 15.3 Å². The highest BCUT2D eigenvalue weighted by Crippen LogP contribution is 2.35. The number of allylic oxidation sites excluding steroid dienone is 5. The number of hydrogen-bond donors (Lipinski definition) is 2. The Kier molecular flexibility index (Phi) is 7.74. The third kappa shape index (κ3) is 6.14. The van der Waals surface area contributed by atoms with Crippen LogP contribution in [-0.4, -0.2) is 33.2 Å². The maximum absolute atomic E-state index is 5.36. The fourth-order valence-electron chi connectivity index (χ4n) is 6.34. The van der Waals surface area contributed by atoms with Gasteiger partial charge < -0.3 is 5.32 Å². The van der Waals surface area contributed by atoms with Crippen molar-refractivity contribution in [2.75, 3.05) is 0 Å². The Balaban J connectivity index is 1.22. The molecule has 1 aliphatic carbocycles. The van der Waals surface area contributed by atoms with E-state index in [1.165, 1.54) is 11.1 Å². The first kappa shape index (κ1) is 28.5. The van der Waals surface area contributed by atoms with Gasteiger partial charge in [0.05, 0.1) is 0 Å². The van der Waals surface area contributed by atoms with Crippen LogP contribution in [0, 0.1) is 5.92 Å². The smallest absolute Gasteiger partial charge is 0.296 e. The lowest BCUT2D eigenvalue weighted by atomic mass is 9.87. The third-order valence-electron chi connectivity index (χ3n) is 8.79. The normalized spacial score (nSPS) is 19.9. The molecular weight excluding hydrogens is 578 g/mol. The zero-order valence-corrected chi connectivity index (χ0v) is 25.6. The number of rotatable bonds is 7. The van der Waals surface area contributed by atoms with Crippen LogP contribution in [0.25, 0.3) is 33.4 Å². The summed E-state index contributed by atoms with van der Waals surface area (Å²) in [6.45, 7) is 0. The fraction of sp³-hybridized carbons (Fsp3) is 0.100. The second kappa shape index (κ2) is 12.8. The van der Waals surface area contributed by atoms with E-state index in [4.69, 9.17) is 4.99 Å². The highest BCUT2D eigenvalue weighted by Gasteiger charge is 2.29. The molecule has 7 heteroatoms. The molecule has 7 nitrogen and oxygen atoms in total. The predicted octanol–water partition coefficient (Wildman–Crippen LogP) is 6.81. The molecular formula is C40H32N7+. The first-order valence-corrected chi connectivity index (χ1v) is 15.8. The summed E-state index contributed by atoms with van der Waals surface area (Å²) in [4.78, 5) is 18.1. The van der Waals surface area contributed by atoms with Crippen molar-refractivity contribution in [3.8, 4) is 33.4 Å². The van der Waals surface area contributed by atoms with Gasteiger partial charge in [0.25, 0.3) is 12.4 Å². The van der Waals surface area contributed by atoms with Crippen LogP contribution in [0.5, 0.6) is 0 Å². The second-order valence-corrected chi connectivity index (χ2v) is 11.8. The molecule has 3 aromatic heterocycles. The van der Waals surface area contributed by atoms with E-state index in [0.29, 0.717) is 0 Å². The number of benzene rings is 2. The molecule has 47 heavy (non-hydrogen) atoms. The Labute approximate surface area is 273 Å². The van der Waals surface area contributed by atoms with Crippen molar-refractivity contribution in [2.24, 2.45) is 10.9 Å². The Bertz CT molecular complexity index is 2050. The fourth-order valence-corrected chi connectivity index (χ4v) is 6.34. The maximum Gasteiger partial charge on any atom is 0.296 e. The number of pyridine rings is 3. The third-order valence-corrected chi connectivity index (χ3v) is 8.79. The number of aliphatic imine (C=N–C) groups is 1. The largest absolute Gasteiger partial charge is 0.351 e. The summed E-state index contributed by atoms with van der Waals surface area (Å²) in [5, 5.41) is 7.61. The number of hydrogen-bond acceptors (Lipinski definition) is 6. The van der Waals surface area contributed by atoms with Crippen molar-refractivity contribution in [1.82, 2.24) is 30.3 Å². The van der Waals surface area contributed by atoms with E-state index in [-0.39, 0.29) is 18.2 Å². The lowest BCUT2D eigenvalue weighted by Crippen LogP contribution is -2.45. The van der Waals surface area contributed by atoms with Gasteiger partial charge in [0, 0.05) is 54.7 Å². The van der Waals surface area contributed by atoms with Crippen LogP contribution >= 0.6 is 0 Å². The minimum Gasteiger partial charge on any atom is -0.351 e. The van der Waals surface area contributed by atoms with Crippen LogP contribution in [0.4, 0.5) is 0 Å². The van der Waals surface area contributed by atoms with Crippen molar-refractivity contribution >= 4 is 18.3 Å². The van der Waals surface area contributed by atoms with Gasteiger partial charge in [0.2, 0.25) is 0 Å². The van der Waals surface area contributed by atoms with Crippen molar-refractivity contribution in [3.63, 3.8) is 0 Å². The van der Waals surface area contributed by atoms with Gasteiger partial charge in [-0.25, -0.2) is 4.99 Å². The highest BCUT2D eigenvalue weighted by molar-refractivity contribution is 6.00. The lowest BCUT2D eigenvalue weighted by molar-refractivity contribution is 0.408. The van der Waals surface area contributed by atoms with Crippen LogP contribution in [0.2, 0.25) is 0 Å². The van der Waals surface area contributed by atoms with Gasteiger partial charge in [-0.3, -0.25) is 20.3 Å². The van der Waals surface area contributed by atoms with Crippen molar-refractivity contribution < 1.29 is 0 Å². The molecule has 8 rings (SSSR count). The molecule has 0 bridgehead atoms. The summed E-state index contributed by atoms with van der Waals surface area (Å²) in [5.74, 6) is 1.14. The summed E-state index contributed by atoms with van der Waals surface area (Å²) in [6, 6.07) is 27.6. The molecule has 0 saturated carbocycles. The molecule has 3 aliphatic rings. The summed E-state index contributed by atoms with van der Waals surface area (Å²) in [7, 11) is 0. The maximum atomic E-state index is 5.36. The molecule has 0 saturated heterocycles. The first-order valence-electron chi connectivity index (χ1n) is 15.8. The molecule has 0 spiro atoms. The second-order valence-electron chi connectivity index (χ2n) is 11.8. The zero-order chi connectivity index (χ0) is 31.4. The lowest BCUT2D eigenvalue weighted by Gasteiger charge is -2.34. The molecule has 5 heterocycles. The molecule has 2 aliphatic heterocycles. The minimum atomic E-state index is -0.311. The Morgan fingerprint density at radius 2 is 1.28 bits per heavy atom. The van der Waals surface area contributed by atoms with Gasteiger partial charge in [-0.05, 0) is 117 Å². The number of nitrogens with zero attached hydrogens (tertiary/aromatic N) is 5. The average molecular weight is 611 g/mol.